The summed E-state index contributed by atoms with van der Waals surface area (Å²) in [6, 6.07) is 22.4. The van der Waals surface area contributed by atoms with Gasteiger partial charge in [-0.2, -0.15) is 0 Å². The number of methoxy groups -OCH3 is 2. The molecule has 0 fully saturated rings. The summed E-state index contributed by atoms with van der Waals surface area (Å²) in [6.07, 6.45) is 0. The van der Waals surface area contributed by atoms with E-state index >= 15 is 0 Å². The summed E-state index contributed by atoms with van der Waals surface area (Å²) >= 11 is 0. The Morgan fingerprint density at radius 1 is 0.875 bits per heavy atom. The second kappa shape index (κ2) is 9.78. The lowest BCUT2D eigenvalue weighted by Gasteiger charge is -2.14. The molecule has 0 saturated carbocycles. The standard InChI is InChI=1S/C25H23N3O4/c1-30-19-12-13-22(31-2)18(14-19)15-26-24-23(27-20-10-6-7-11-21(20)28-24)25(29)32-16-17-8-4-3-5-9-17/h3-14H,15-16H2,1-2H3,(H,26,28). The van der Waals surface area contributed by atoms with Crippen molar-refractivity contribution < 1.29 is 19.0 Å². The summed E-state index contributed by atoms with van der Waals surface area (Å²) in [7, 11) is 3.21. The first-order chi connectivity index (χ1) is 15.7. The van der Waals surface area contributed by atoms with Gasteiger partial charge in [-0.1, -0.05) is 42.5 Å². The van der Waals surface area contributed by atoms with Crippen LogP contribution in [0, 0.1) is 0 Å². The molecule has 3 aromatic carbocycles. The molecule has 0 spiro atoms. The van der Waals surface area contributed by atoms with Crippen LogP contribution in [0.4, 0.5) is 5.82 Å². The van der Waals surface area contributed by atoms with Crippen LogP contribution in [-0.4, -0.2) is 30.2 Å². The third kappa shape index (κ3) is 4.78. The zero-order valence-corrected chi connectivity index (χ0v) is 17.9. The van der Waals surface area contributed by atoms with Crippen molar-refractivity contribution in [1.82, 2.24) is 9.97 Å². The van der Waals surface area contributed by atoms with Gasteiger partial charge >= 0.3 is 5.97 Å². The molecule has 162 valence electrons. The van der Waals surface area contributed by atoms with Gasteiger partial charge in [0.2, 0.25) is 0 Å². The van der Waals surface area contributed by atoms with Gasteiger partial charge in [-0.3, -0.25) is 0 Å². The Labute approximate surface area is 186 Å². The van der Waals surface area contributed by atoms with Gasteiger partial charge in [-0.25, -0.2) is 14.8 Å². The van der Waals surface area contributed by atoms with E-state index < -0.39 is 5.97 Å². The van der Waals surface area contributed by atoms with Crippen molar-refractivity contribution in [2.75, 3.05) is 19.5 Å². The summed E-state index contributed by atoms with van der Waals surface area (Å²) in [5.41, 5.74) is 3.16. The molecule has 7 nitrogen and oxygen atoms in total. The number of hydrogen-bond donors (Lipinski definition) is 1. The Morgan fingerprint density at radius 2 is 1.59 bits per heavy atom. The summed E-state index contributed by atoms with van der Waals surface area (Å²) in [5.74, 6) is 1.19. The number of carbonyl (C=O) groups is 1. The third-order valence-corrected chi connectivity index (χ3v) is 4.91. The minimum Gasteiger partial charge on any atom is -0.497 e. The van der Waals surface area contributed by atoms with Crippen molar-refractivity contribution in [2.24, 2.45) is 0 Å². The van der Waals surface area contributed by atoms with Crippen LogP contribution in [0.2, 0.25) is 0 Å². The molecule has 4 rings (SSSR count). The van der Waals surface area contributed by atoms with E-state index in [1.165, 1.54) is 0 Å². The summed E-state index contributed by atoms with van der Waals surface area (Å²) in [5, 5.41) is 3.22. The number of anilines is 1. The van der Waals surface area contributed by atoms with Crippen molar-refractivity contribution >= 4 is 22.8 Å². The van der Waals surface area contributed by atoms with E-state index in [0.29, 0.717) is 34.9 Å². The van der Waals surface area contributed by atoms with Crippen molar-refractivity contribution in [1.29, 1.82) is 0 Å². The fourth-order valence-corrected chi connectivity index (χ4v) is 3.26. The minimum atomic E-state index is -0.549. The van der Waals surface area contributed by atoms with E-state index in [9.17, 15) is 4.79 Å². The lowest BCUT2D eigenvalue weighted by Crippen LogP contribution is -2.14. The van der Waals surface area contributed by atoms with Gasteiger partial charge in [0.1, 0.15) is 18.1 Å². The van der Waals surface area contributed by atoms with Gasteiger partial charge < -0.3 is 19.5 Å². The third-order valence-electron chi connectivity index (χ3n) is 4.91. The number of ether oxygens (including phenoxy) is 3. The molecule has 0 atom stereocenters. The van der Waals surface area contributed by atoms with Crippen molar-refractivity contribution in [3.05, 3.63) is 89.6 Å². The lowest BCUT2D eigenvalue weighted by molar-refractivity contribution is 0.0467. The topological polar surface area (TPSA) is 82.6 Å². The molecule has 4 aromatic rings. The monoisotopic (exact) mass is 429 g/mol. The zero-order chi connectivity index (χ0) is 22.3. The SMILES string of the molecule is COc1ccc(OC)c(CNc2nc3ccccc3nc2C(=O)OCc2ccccc2)c1. The van der Waals surface area contributed by atoms with Gasteiger partial charge in [0.25, 0.3) is 0 Å². The van der Waals surface area contributed by atoms with Crippen molar-refractivity contribution in [3.63, 3.8) is 0 Å². The van der Waals surface area contributed by atoms with E-state index in [1.807, 2.05) is 72.8 Å². The molecule has 0 aliphatic heterocycles. The molecule has 1 N–H and O–H groups in total. The van der Waals surface area contributed by atoms with Gasteiger partial charge in [-0.05, 0) is 35.9 Å². The van der Waals surface area contributed by atoms with Crippen LogP contribution < -0.4 is 14.8 Å². The molecule has 0 bridgehead atoms. The maximum Gasteiger partial charge on any atom is 0.361 e. The second-order valence-corrected chi connectivity index (χ2v) is 7.00. The number of hydrogen-bond acceptors (Lipinski definition) is 7. The number of aromatic nitrogens is 2. The van der Waals surface area contributed by atoms with Crippen LogP contribution in [0.3, 0.4) is 0 Å². The van der Waals surface area contributed by atoms with Crippen molar-refractivity contribution in [3.8, 4) is 11.5 Å². The molecule has 0 radical (unpaired) electrons. The fourth-order valence-electron chi connectivity index (χ4n) is 3.26. The Kier molecular flexibility index (Phi) is 6.46. The second-order valence-electron chi connectivity index (χ2n) is 7.00. The average Bonchev–Trinajstić information content (AvgIpc) is 2.85. The van der Waals surface area contributed by atoms with E-state index in [0.717, 1.165) is 11.1 Å². The van der Waals surface area contributed by atoms with Crippen LogP contribution in [-0.2, 0) is 17.9 Å². The molecule has 1 heterocycles. The molecule has 0 unspecified atom stereocenters. The number of nitrogens with one attached hydrogen (secondary N) is 1. The molecule has 0 aliphatic carbocycles. The smallest absolute Gasteiger partial charge is 0.361 e. The highest BCUT2D eigenvalue weighted by atomic mass is 16.5. The number of para-hydroxylation sites is 2. The molecule has 7 heteroatoms. The molecular formula is C25H23N3O4. The summed E-state index contributed by atoms with van der Waals surface area (Å²) in [6.45, 7) is 0.504. The first-order valence-corrected chi connectivity index (χ1v) is 10.1. The molecule has 1 aromatic heterocycles. The van der Waals surface area contributed by atoms with Gasteiger partial charge in [0.05, 0.1) is 25.3 Å². The number of carbonyl (C=O) groups excluding carboxylic acids is 1. The van der Waals surface area contributed by atoms with E-state index in [2.05, 4.69) is 15.3 Å². The van der Waals surface area contributed by atoms with E-state index in [-0.39, 0.29) is 12.3 Å². The highest BCUT2D eigenvalue weighted by Gasteiger charge is 2.19. The normalized spacial score (nSPS) is 10.6. The molecule has 0 saturated heterocycles. The largest absolute Gasteiger partial charge is 0.497 e. The van der Waals surface area contributed by atoms with E-state index in [1.54, 1.807) is 14.2 Å². The Bertz CT molecular complexity index is 1230. The molecule has 0 amide bonds. The predicted octanol–water partition coefficient (Wildman–Crippen LogP) is 4.62. The average molecular weight is 429 g/mol. The van der Waals surface area contributed by atoms with Crippen molar-refractivity contribution in [2.45, 2.75) is 13.2 Å². The minimum absolute atomic E-state index is 0.126. The number of esters is 1. The molecular weight excluding hydrogens is 406 g/mol. The van der Waals surface area contributed by atoms with Crippen LogP contribution in [0.15, 0.2) is 72.8 Å². The van der Waals surface area contributed by atoms with Gasteiger partial charge in [0.15, 0.2) is 11.5 Å². The van der Waals surface area contributed by atoms with Crippen LogP contribution >= 0.6 is 0 Å². The molecule has 0 aliphatic rings. The van der Waals surface area contributed by atoms with Crippen LogP contribution in [0.5, 0.6) is 11.5 Å². The van der Waals surface area contributed by atoms with Gasteiger partial charge in [-0.15, -0.1) is 0 Å². The Morgan fingerprint density at radius 3 is 2.31 bits per heavy atom. The summed E-state index contributed by atoms with van der Waals surface area (Å²) < 4.78 is 16.3. The number of rotatable bonds is 8. The van der Waals surface area contributed by atoms with Crippen LogP contribution in [0.25, 0.3) is 11.0 Å². The maximum atomic E-state index is 12.9. The summed E-state index contributed by atoms with van der Waals surface area (Å²) in [4.78, 5) is 22.0. The Balaban J connectivity index is 1.62. The predicted molar refractivity (Wildman–Crippen MR) is 122 cm³/mol. The number of nitrogens with zero attached hydrogens (tertiary/aromatic N) is 2. The number of fused-ring (bicyclic) bond motifs is 1. The number of benzene rings is 3. The van der Waals surface area contributed by atoms with E-state index in [4.69, 9.17) is 14.2 Å². The lowest BCUT2D eigenvalue weighted by atomic mass is 10.2. The maximum absolute atomic E-state index is 12.9. The fraction of sp³-hybridized carbons (Fsp3) is 0.160. The highest BCUT2D eigenvalue weighted by molar-refractivity contribution is 5.95. The van der Waals surface area contributed by atoms with Crippen LogP contribution in [0.1, 0.15) is 21.6 Å². The quantitative estimate of drug-likeness (QED) is 0.409. The first-order valence-electron chi connectivity index (χ1n) is 10.1. The highest BCUT2D eigenvalue weighted by Crippen LogP contribution is 2.26. The Hall–Kier alpha value is -4.13. The van der Waals surface area contributed by atoms with Gasteiger partial charge in [0, 0.05) is 12.1 Å². The first kappa shape index (κ1) is 21.1. The molecule has 32 heavy (non-hydrogen) atoms. The zero-order valence-electron chi connectivity index (χ0n) is 17.9.